The predicted molar refractivity (Wildman–Crippen MR) is 35.2 cm³/mol. The van der Waals surface area contributed by atoms with Crippen LogP contribution < -0.4 is 5.11 Å². The standard InChI is InChI=1S/C7H14O3/c1-2-3-6(8)4-5-7(9)10/h6,8H,2-5H2,1H3,(H,9,10)/p-1. The van der Waals surface area contributed by atoms with Crippen LogP contribution in [0.5, 0.6) is 0 Å². The largest absolute Gasteiger partial charge is 0.550 e. The van der Waals surface area contributed by atoms with E-state index in [0.717, 1.165) is 6.42 Å². The highest BCUT2D eigenvalue weighted by Gasteiger charge is 2.00. The Morgan fingerprint density at radius 1 is 1.60 bits per heavy atom. The van der Waals surface area contributed by atoms with Crippen LogP contribution in [0.25, 0.3) is 0 Å². The molecule has 0 aliphatic heterocycles. The smallest absolute Gasteiger partial charge is 0.0543 e. The maximum Gasteiger partial charge on any atom is 0.0543 e. The summed E-state index contributed by atoms with van der Waals surface area (Å²) in [6.07, 6.45) is 1.36. The van der Waals surface area contributed by atoms with Crippen molar-refractivity contribution in [1.29, 1.82) is 0 Å². The van der Waals surface area contributed by atoms with Crippen LogP contribution >= 0.6 is 0 Å². The van der Waals surface area contributed by atoms with Crippen molar-refractivity contribution in [2.75, 3.05) is 0 Å². The van der Waals surface area contributed by atoms with Gasteiger partial charge >= 0.3 is 0 Å². The normalized spacial score (nSPS) is 13.0. The van der Waals surface area contributed by atoms with Crippen LogP contribution in [0.1, 0.15) is 32.6 Å². The highest BCUT2D eigenvalue weighted by atomic mass is 16.4. The Balaban J connectivity index is 3.21. The molecule has 0 fully saturated rings. The fourth-order valence-electron chi connectivity index (χ4n) is 0.762. The Labute approximate surface area is 60.7 Å². The third kappa shape index (κ3) is 5.56. The van der Waals surface area contributed by atoms with E-state index in [1.54, 1.807) is 0 Å². The summed E-state index contributed by atoms with van der Waals surface area (Å²) in [6, 6.07) is 0. The van der Waals surface area contributed by atoms with Crippen LogP contribution in [0.3, 0.4) is 0 Å². The second-order valence-corrected chi connectivity index (χ2v) is 2.35. The van der Waals surface area contributed by atoms with Crippen LogP contribution in [-0.4, -0.2) is 17.2 Å². The van der Waals surface area contributed by atoms with E-state index in [0.29, 0.717) is 12.8 Å². The lowest BCUT2D eigenvalue weighted by Gasteiger charge is -2.08. The van der Waals surface area contributed by atoms with Gasteiger partial charge in [0, 0.05) is 5.97 Å². The van der Waals surface area contributed by atoms with Gasteiger partial charge in [-0.05, 0) is 19.3 Å². The molecule has 0 bridgehead atoms. The van der Waals surface area contributed by atoms with Gasteiger partial charge in [0.2, 0.25) is 0 Å². The molecule has 1 N–H and O–H groups in total. The molecule has 0 saturated heterocycles. The van der Waals surface area contributed by atoms with Gasteiger partial charge in [0.05, 0.1) is 6.10 Å². The SMILES string of the molecule is CCCC(O)CCC(=O)[O-]. The Bertz CT molecular complexity index is 101. The first-order valence-electron chi connectivity index (χ1n) is 3.54. The molecule has 60 valence electrons. The number of hydrogen-bond donors (Lipinski definition) is 1. The molecule has 0 saturated carbocycles. The first-order valence-corrected chi connectivity index (χ1v) is 3.54. The summed E-state index contributed by atoms with van der Waals surface area (Å²) >= 11 is 0. The van der Waals surface area contributed by atoms with E-state index in [1.807, 2.05) is 6.92 Å². The van der Waals surface area contributed by atoms with Crippen LogP contribution in [-0.2, 0) is 4.79 Å². The van der Waals surface area contributed by atoms with Crippen molar-refractivity contribution in [2.24, 2.45) is 0 Å². The quantitative estimate of drug-likeness (QED) is 0.576. The van der Waals surface area contributed by atoms with E-state index in [-0.39, 0.29) is 6.42 Å². The zero-order valence-corrected chi connectivity index (χ0v) is 6.17. The molecule has 0 aliphatic rings. The van der Waals surface area contributed by atoms with Crippen LogP contribution in [0, 0.1) is 0 Å². The van der Waals surface area contributed by atoms with Gasteiger partial charge in [-0.3, -0.25) is 0 Å². The van der Waals surface area contributed by atoms with Gasteiger partial charge in [-0.25, -0.2) is 0 Å². The minimum absolute atomic E-state index is 0.0405. The lowest BCUT2D eigenvalue weighted by atomic mass is 10.1. The Hall–Kier alpha value is -0.570. The van der Waals surface area contributed by atoms with Crippen molar-refractivity contribution in [1.82, 2.24) is 0 Å². The average Bonchev–Trinajstić information content (AvgIpc) is 1.85. The van der Waals surface area contributed by atoms with E-state index in [1.165, 1.54) is 0 Å². The van der Waals surface area contributed by atoms with E-state index in [4.69, 9.17) is 5.11 Å². The molecule has 1 atom stereocenters. The van der Waals surface area contributed by atoms with Crippen molar-refractivity contribution in [2.45, 2.75) is 38.7 Å². The van der Waals surface area contributed by atoms with Crippen molar-refractivity contribution in [3.8, 4) is 0 Å². The summed E-state index contributed by atoms with van der Waals surface area (Å²) in [5.41, 5.74) is 0. The summed E-state index contributed by atoms with van der Waals surface area (Å²) in [5, 5.41) is 18.9. The van der Waals surface area contributed by atoms with Gasteiger partial charge < -0.3 is 15.0 Å². The lowest BCUT2D eigenvalue weighted by molar-refractivity contribution is -0.306. The summed E-state index contributed by atoms with van der Waals surface area (Å²) in [4.78, 5) is 9.89. The number of hydrogen-bond acceptors (Lipinski definition) is 3. The van der Waals surface area contributed by atoms with Gasteiger partial charge in [0.1, 0.15) is 0 Å². The number of aliphatic carboxylic acids is 1. The molecular formula is C7H13O3-. The number of carbonyl (C=O) groups excluding carboxylic acids is 1. The third-order valence-corrected chi connectivity index (χ3v) is 1.30. The molecule has 0 heterocycles. The Morgan fingerprint density at radius 3 is 2.60 bits per heavy atom. The fourth-order valence-corrected chi connectivity index (χ4v) is 0.762. The van der Waals surface area contributed by atoms with E-state index < -0.39 is 12.1 Å². The highest BCUT2D eigenvalue weighted by Crippen LogP contribution is 2.02. The van der Waals surface area contributed by atoms with Gasteiger partial charge in [-0.1, -0.05) is 13.3 Å². The molecule has 0 aromatic carbocycles. The second-order valence-electron chi connectivity index (χ2n) is 2.35. The molecular weight excluding hydrogens is 132 g/mol. The van der Waals surface area contributed by atoms with Crippen molar-refractivity contribution in [3.05, 3.63) is 0 Å². The molecule has 0 amide bonds. The molecule has 0 rings (SSSR count). The zero-order valence-electron chi connectivity index (χ0n) is 6.17. The number of carbonyl (C=O) groups is 1. The van der Waals surface area contributed by atoms with E-state index >= 15 is 0 Å². The van der Waals surface area contributed by atoms with Crippen molar-refractivity contribution < 1.29 is 15.0 Å². The molecule has 0 radical (unpaired) electrons. The highest BCUT2D eigenvalue weighted by molar-refractivity contribution is 5.64. The van der Waals surface area contributed by atoms with Crippen LogP contribution in [0.15, 0.2) is 0 Å². The number of aliphatic hydroxyl groups is 1. The molecule has 0 aromatic rings. The first kappa shape index (κ1) is 9.43. The number of carboxylic acids is 1. The third-order valence-electron chi connectivity index (χ3n) is 1.30. The molecule has 1 unspecified atom stereocenters. The molecule has 3 nitrogen and oxygen atoms in total. The minimum Gasteiger partial charge on any atom is -0.550 e. The fraction of sp³-hybridized carbons (Fsp3) is 0.857. The Morgan fingerprint density at radius 2 is 2.20 bits per heavy atom. The number of aliphatic hydroxyl groups excluding tert-OH is 1. The molecule has 10 heavy (non-hydrogen) atoms. The molecule has 0 aliphatic carbocycles. The van der Waals surface area contributed by atoms with Gasteiger partial charge in [0.15, 0.2) is 0 Å². The maximum absolute atomic E-state index is 9.89. The van der Waals surface area contributed by atoms with Crippen molar-refractivity contribution >= 4 is 5.97 Å². The molecule has 0 spiro atoms. The molecule has 3 heteroatoms. The Kier molecular flexibility index (Phi) is 4.94. The maximum atomic E-state index is 9.89. The van der Waals surface area contributed by atoms with Crippen molar-refractivity contribution in [3.63, 3.8) is 0 Å². The average molecular weight is 145 g/mol. The second kappa shape index (κ2) is 5.23. The summed E-state index contributed by atoms with van der Waals surface area (Å²) in [5.74, 6) is -1.09. The molecule has 0 aromatic heterocycles. The summed E-state index contributed by atoms with van der Waals surface area (Å²) in [6.45, 7) is 1.95. The topological polar surface area (TPSA) is 60.4 Å². The number of carboxylic acid groups (broad SMARTS) is 1. The van der Waals surface area contributed by atoms with Gasteiger partial charge in [-0.2, -0.15) is 0 Å². The monoisotopic (exact) mass is 145 g/mol. The van der Waals surface area contributed by atoms with Gasteiger partial charge in [0.25, 0.3) is 0 Å². The first-order chi connectivity index (χ1) is 4.66. The number of rotatable bonds is 5. The van der Waals surface area contributed by atoms with E-state index in [9.17, 15) is 9.90 Å². The summed E-state index contributed by atoms with van der Waals surface area (Å²) < 4.78 is 0. The summed E-state index contributed by atoms with van der Waals surface area (Å²) in [7, 11) is 0. The minimum atomic E-state index is -1.09. The zero-order chi connectivity index (χ0) is 7.98. The van der Waals surface area contributed by atoms with E-state index in [2.05, 4.69) is 0 Å². The van der Waals surface area contributed by atoms with Crippen LogP contribution in [0.4, 0.5) is 0 Å². The van der Waals surface area contributed by atoms with Crippen LogP contribution in [0.2, 0.25) is 0 Å². The lowest BCUT2D eigenvalue weighted by Crippen LogP contribution is -2.23. The predicted octanol–water partition coefficient (Wildman–Crippen LogP) is -0.323. The van der Waals surface area contributed by atoms with Gasteiger partial charge in [-0.15, -0.1) is 0 Å².